The van der Waals surface area contributed by atoms with Crippen LogP contribution in [-0.2, 0) is 6.42 Å². The molecule has 0 spiro atoms. The maximum Gasteiger partial charge on any atom is 0.231 e. The van der Waals surface area contributed by atoms with Gasteiger partial charge >= 0.3 is 0 Å². The Morgan fingerprint density at radius 3 is 2.73 bits per heavy atom. The lowest BCUT2D eigenvalue weighted by atomic mass is 10.1. The van der Waals surface area contributed by atoms with E-state index in [1.165, 1.54) is 14.7 Å². The molecule has 2 rings (SSSR count). The van der Waals surface area contributed by atoms with Crippen molar-refractivity contribution < 1.29 is 9.47 Å². The van der Waals surface area contributed by atoms with Gasteiger partial charge in [-0.25, -0.2) is 0 Å². The summed E-state index contributed by atoms with van der Waals surface area (Å²) in [5, 5.41) is 0. The molecule has 2 nitrogen and oxygen atoms in total. The summed E-state index contributed by atoms with van der Waals surface area (Å²) >= 11 is 2.34. The summed E-state index contributed by atoms with van der Waals surface area (Å²) in [4.78, 5) is 0. The van der Waals surface area contributed by atoms with E-state index in [1.807, 2.05) is 6.07 Å². The van der Waals surface area contributed by atoms with Crippen molar-refractivity contribution in [1.29, 1.82) is 0 Å². The van der Waals surface area contributed by atoms with Crippen molar-refractivity contribution in [1.82, 2.24) is 0 Å². The van der Waals surface area contributed by atoms with Crippen molar-refractivity contribution in [2.75, 3.05) is 6.79 Å². The first-order valence-corrected chi connectivity index (χ1v) is 5.97. The second kappa shape index (κ2) is 4.43. The molecule has 0 aromatic heterocycles. The van der Waals surface area contributed by atoms with Crippen LogP contribution in [0.15, 0.2) is 24.3 Å². The lowest BCUT2D eigenvalue weighted by molar-refractivity contribution is 0.174. The highest BCUT2D eigenvalue weighted by Crippen LogP contribution is 2.35. The summed E-state index contributed by atoms with van der Waals surface area (Å²) in [6.07, 6.45) is 2.04. The first kappa shape index (κ1) is 10.8. The first-order chi connectivity index (χ1) is 7.16. The number of benzene rings is 1. The summed E-state index contributed by atoms with van der Waals surface area (Å²) < 4.78 is 11.9. The SMILES string of the molecule is C=C(C)CCc1cc2c(cc1I)OCO2. The molecule has 80 valence electrons. The smallest absolute Gasteiger partial charge is 0.231 e. The number of ether oxygens (including phenoxy) is 2. The monoisotopic (exact) mass is 316 g/mol. The molecule has 0 amide bonds. The Labute approximate surface area is 103 Å². The van der Waals surface area contributed by atoms with Crippen molar-refractivity contribution in [3.8, 4) is 11.5 Å². The van der Waals surface area contributed by atoms with Crippen molar-refractivity contribution in [2.45, 2.75) is 19.8 Å². The molecular formula is C12H13IO2. The molecule has 0 atom stereocenters. The summed E-state index contributed by atoms with van der Waals surface area (Å²) in [5.41, 5.74) is 2.52. The number of hydrogen-bond acceptors (Lipinski definition) is 2. The lowest BCUT2D eigenvalue weighted by Gasteiger charge is -2.06. The summed E-state index contributed by atoms with van der Waals surface area (Å²) in [6.45, 7) is 6.31. The highest BCUT2D eigenvalue weighted by Gasteiger charge is 2.15. The van der Waals surface area contributed by atoms with Crippen LogP contribution in [0.4, 0.5) is 0 Å². The quantitative estimate of drug-likeness (QED) is 0.627. The summed E-state index contributed by atoms with van der Waals surface area (Å²) in [7, 11) is 0. The molecule has 0 saturated heterocycles. The molecule has 1 aliphatic heterocycles. The second-order valence-corrected chi connectivity index (χ2v) is 4.92. The van der Waals surface area contributed by atoms with Gasteiger partial charge < -0.3 is 9.47 Å². The minimum absolute atomic E-state index is 0.343. The first-order valence-electron chi connectivity index (χ1n) is 4.89. The van der Waals surface area contributed by atoms with E-state index in [4.69, 9.17) is 9.47 Å². The van der Waals surface area contributed by atoms with Crippen LogP contribution in [0.1, 0.15) is 18.9 Å². The van der Waals surface area contributed by atoms with Gasteiger partial charge in [0.25, 0.3) is 0 Å². The topological polar surface area (TPSA) is 18.5 Å². The third-order valence-corrected chi connectivity index (χ3v) is 3.37. The van der Waals surface area contributed by atoms with Gasteiger partial charge in [0, 0.05) is 3.57 Å². The van der Waals surface area contributed by atoms with E-state index in [0.29, 0.717) is 6.79 Å². The highest BCUT2D eigenvalue weighted by molar-refractivity contribution is 14.1. The Morgan fingerprint density at radius 2 is 2.07 bits per heavy atom. The number of hydrogen-bond donors (Lipinski definition) is 0. The normalized spacial score (nSPS) is 12.9. The van der Waals surface area contributed by atoms with Crippen molar-refractivity contribution in [2.24, 2.45) is 0 Å². The van der Waals surface area contributed by atoms with Crippen LogP contribution in [0, 0.1) is 3.57 Å². The number of halogens is 1. The van der Waals surface area contributed by atoms with Gasteiger partial charge in [-0.1, -0.05) is 5.57 Å². The molecule has 1 aliphatic rings. The third kappa shape index (κ3) is 2.45. The lowest BCUT2D eigenvalue weighted by Crippen LogP contribution is -1.93. The van der Waals surface area contributed by atoms with Gasteiger partial charge in [-0.15, -0.1) is 6.58 Å². The van der Waals surface area contributed by atoms with Gasteiger partial charge in [0.2, 0.25) is 6.79 Å². The molecule has 0 bridgehead atoms. The Balaban J connectivity index is 2.21. The molecule has 3 heteroatoms. The highest BCUT2D eigenvalue weighted by atomic mass is 127. The number of fused-ring (bicyclic) bond motifs is 1. The summed E-state index contributed by atoms with van der Waals surface area (Å²) in [5.74, 6) is 1.73. The number of aryl methyl sites for hydroxylation is 1. The van der Waals surface area contributed by atoms with E-state index in [1.54, 1.807) is 0 Å². The molecule has 1 aromatic carbocycles. The maximum absolute atomic E-state index is 5.35. The van der Waals surface area contributed by atoms with Gasteiger partial charge in [0.15, 0.2) is 11.5 Å². The number of rotatable bonds is 3. The van der Waals surface area contributed by atoms with E-state index >= 15 is 0 Å². The van der Waals surface area contributed by atoms with E-state index in [0.717, 1.165) is 24.3 Å². The third-order valence-electron chi connectivity index (χ3n) is 2.36. The molecule has 15 heavy (non-hydrogen) atoms. The number of allylic oxidation sites excluding steroid dienone is 1. The Morgan fingerprint density at radius 1 is 1.40 bits per heavy atom. The van der Waals surface area contributed by atoms with Gasteiger partial charge in [0.05, 0.1) is 0 Å². The van der Waals surface area contributed by atoms with Crippen LogP contribution in [0.25, 0.3) is 0 Å². The van der Waals surface area contributed by atoms with Crippen LogP contribution < -0.4 is 9.47 Å². The van der Waals surface area contributed by atoms with Crippen molar-refractivity contribution in [3.63, 3.8) is 0 Å². The molecule has 0 aliphatic carbocycles. The van der Waals surface area contributed by atoms with Crippen LogP contribution >= 0.6 is 22.6 Å². The fourth-order valence-corrected chi connectivity index (χ4v) is 2.21. The molecule has 0 radical (unpaired) electrons. The second-order valence-electron chi connectivity index (χ2n) is 3.75. The fraction of sp³-hybridized carbons (Fsp3) is 0.333. The minimum Gasteiger partial charge on any atom is -0.454 e. The zero-order valence-electron chi connectivity index (χ0n) is 8.68. The Hall–Kier alpha value is -0.710. The Bertz CT molecular complexity index is 399. The average Bonchev–Trinajstić information content (AvgIpc) is 2.60. The van der Waals surface area contributed by atoms with Crippen LogP contribution in [0.5, 0.6) is 11.5 Å². The van der Waals surface area contributed by atoms with E-state index in [2.05, 4.69) is 42.2 Å². The van der Waals surface area contributed by atoms with Crippen molar-refractivity contribution >= 4 is 22.6 Å². The zero-order valence-corrected chi connectivity index (χ0v) is 10.8. The Kier molecular flexibility index (Phi) is 3.19. The van der Waals surface area contributed by atoms with Gasteiger partial charge in [-0.2, -0.15) is 0 Å². The maximum atomic E-state index is 5.35. The molecule has 0 N–H and O–H groups in total. The van der Waals surface area contributed by atoms with E-state index in [-0.39, 0.29) is 0 Å². The van der Waals surface area contributed by atoms with Crippen molar-refractivity contribution in [3.05, 3.63) is 33.4 Å². The predicted molar refractivity (Wildman–Crippen MR) is 68.4 cm³/mol. The minimum atomic E-state index is 0.343. The van der Waals surface area contributed by atoms with Crippen LogP contribution in [-0.4, -0.2) is 6.79 Å². The summed E-state index contributed by atoms with van der Waals surface area (Å²) in [6, 6.07) is 4.11. The average molecular weight is 316 g/mol. The largest absolute Gasteiger partial charge is 0.454 e. The predicted octanol–water partition coefficient (Wildman–Crippen LogP) is 3.53. The van der Waals surface area contributed by atoms with Gasteiger partial charge in [0.1, 0.15) is 0 Å². The van der Waals surface area contributed by atoms with Crippen LogP contribution in [0.3, 0.4) is 0 Å². The van der Waals surface area contributed by atoms with Gasteiger partial charge in [-0.3, -0.25) is 0 Å². The van der Waals surface area contributed by atoms with Crippen LogP contribution in [0.2, 0.25) is 0 Å². The zero-order chi connectivity index (χ0) is 10.8. The molecular weight excluding hydrogens is 303 g/mol. The van der Waals surface area contributed by atoms with E-state index in [9.17, 15) is 0 Å². The standard InChI is InChI=1S/C12H13IO2/c1-8(2)3-4-9-5-11-12(6-10(9)13)15-7-14-11/h5-6H,1,3-4,7H2,2H3. The molecule has 0 fully saturated rings. The molecule has 1 heterocycles. The van der Waals surface area contributed by atoms with E-state index < -0.39 is 0 Å². The molecule has 0 saturated carbocycles. The fourth-order valence-electron chi connectivity index (χ4n) is 1.50. The molecule has 0 unspecified atom stereocenters. The van der Waals surface area contributed by atoms with Gasteiger partial charge in [-0.05, 0) is 60.1 Å². The molecule has 1 aromatic rings.